The summed E-state index contributed by atoms with van der Waals surface area (Å²) in [4.78, 5) is 28.4. The maximum Gasteiger partial charge on any atom is 0.313 e. The Balaban J connectivity index is 1.98. The Morgan fingerprint density at radius 3 is 2.19 bits per heavy atom. The van der Waals surface area contributed by atoms with Gasteiger partial charge in [0.1, 0.15) is 0 Å². The lowest BCUT2D eigenvalue weighted by molar-refractivity contribution is -0.136. The van der Waals surface area contributed by atoms with Gasteiger partial charge in [-0.25, -0.2) is 0 Å². The Labute approximate surface area is 161 Å². The molecule has 0 aliphatic carbocycles. The van der Waals surface area contributed by atoms with Crippen LogP contribution in [0.3, 0.4) is 0 Å². The molecule has 0 heterocycles. The smallest absolute Gasteiger partial charge is 0.313 e. The zero-order chi connectivity index (χ0) is 20.0. The summed E-state index contributed by atoms with van der Waals surface area (Å²) >= 11 is 0. The molecule has 0 saturated heterocycles. The standard InChI is InChI=1S/C21H28N4O2/c1-15-7-6-8-17(13-15)23-21(27)20(26)22-14-19(25(4)5)16-9-11-18(12-10-16)24(2)3/h6-13,19H,14H2,1-5H3,(H,22,26)(H,23,27)/t19-/m0/s1. The van der Waals surface area contributed by atoms with Crippen LogP contribution in [-0.4, -0.2) is 51.4 Å². The summed E-state index contributed by atoms with van der Waals surface area (Å²) in [5.41, 5.74) is 3.81. The Kier molecular flexibility index (Phi) is 6.96. The first-order valence-electron chi connectivity index (χ1n) is 8.87. The molecule has 2 aromatic carbocycles. The number of rotatable bonds is 6. The van der Waals surface area contributed by atoms with E-state index >= 15 is 0 Å². The fourth-order valence-electron chi connectivity index (χ4n) is 2.77. The molecule has 2 aromatic rings. The maximum atomic E-state index is 12.2. The van der Waals surface area contributed by atoms with Gasteiger partial charge in [-0.1, -0.05) is 24.3 Å². The van der Waals surface area contributed by atoms with Crippen molar-refractivity contribution in [2.24, 2.45) is 0 Å². The summed E-state index contributed by atoms with van der Waals surface area (Å²) in [6.07, 6.45) is 0. The van der Waals surface area contributed by atoms with Gasteiger partial charge in [0.15, 0.2) is 0 Å². The topological polar surface area (TPSA) is 64.7 Å². The first-order valence-corrected chi connectivity index (χ1v) is 8.87. The zero-order valence-corrected chi connectivity index (χ0v) is 16.6. The van der Waals surface area contributed by atoms with Crippen molar-refractivity contribution in [1.29, 1.82) is 0 Å². The summed E-state index contributed by atoms with van der Waals surface area (Å²) in [5.74, 6) is -1.31. The minimum atomic E-state index is -0.666. The zero-order valence-electron chi connectivity index (χ0n) is 16.6. The van der Waals surface area contributed by atoms with Gasteiger partial charge < -0.3 is 20.4 Å². The molecule has 0 aromatic heterocycles. The van der Waals surface area contributed by atoms with Crippen LogP contribution < -0.4 is 15.5 Å². The van der Waals surface area contributed by atoms with Gasteiger partial charge in [-0.2, -0.15) is 0 Å². The summed E-state index contributed by atoms with van der Waals surface area (Å²) in [7, 11) is 7.88. The summed E-state index contributed by atoms with van der Waals surface area (Å²) in [6.45, 7) is 2.27. The second-order valence-corrected chi connectivity index (χ2v) is 7.00. The first-order chi connectivity index (χ1) is 12.8. The van der Waals surface area contributed by atoms with Crippen molar-refractivity contribution in [3.05, 3.63) is 59.7 Å². The van der Waals surface area contributed by atoms with Gasteiger partial charge >= 0.3 is 11.8 Å². The normalized spacial score (nSPS) is 11.8. The second-order valence-electron chi connectivity index (χ2n) is 7.00. The molecule has 0 aliphatic heterocycles. The van der Waals surface area contributed by atoms with Crippen LogP contribution in [-0.2, 0) is 9.59 Å². The molecule has 6 nitrogen and oxygen atoms in total. The van der Waals surface area contributed by atoms with Crippen LogP contribution in [0.2, 0.25) is 0 Å². The number of aryl methyl sites for hydroxylation is 1. The molecule has 0 fully saturated rings. The highest BCUT2D eigenvalue weighted by atomic mass is 16.2. The monoisotopic (exact) mass is 368 g/mol. The molecule has 27 heavy (non-hydrogen) atoms. The summed E-state index contributed by atoms with van der Waals surface area (Å²) in [6, 6.07) is 15.5. The lowest BCUT2D eigenvalue weighted by Crippen LogP contribution is -2.40. The van der Waals surface area contributed by atoms with E-state index in [0.717, 1.165) is 16.8 Å². The van der Waals surface area contributed by atoms with E-state index in [1.54, 1.807) is 6.07 Å². The third-order valence-electron chi connectivity index (χ3n) is 4.36. The summed E-state index contributed by atoms with van der Waals surface area (Å²) in [5, 5.41) is 5.36. The molecule has 144 valence electrons. The average molecular weight is 368 g/mol. The van der Waals surface area contributed by atoms with Crippen molar-refractivity contribution in [1.82, 2.24) is 10.2 Å². The van der Waals surface area contributed by atoms with Crippen molar-refractivity contribution in [3.63, 3.8) is 0 Å². The van der Waals surface area contributed by atoms with Gasteiger partial charge in [0.05, 0.1) is 6.04 Å². The maximum absolute atomic E-state index is 12.2. The van der Waals surface area contributed by atoms with Gasteiger partial charge in [-0.3, -0.25) is 9.59 Å². The van der Waals surface area contributed by atoms with Crippen LogP contribution in [0.4, 0.5) is 11.4 Å². The predicted octanol–water partition coefficient (Wildman–Crippen LogP) is 2.42. The number of anilines is 2. The molecule has 1 atom stereocenters. The third kappa shape index (κ3) is 5.82. The molecule has 2 N–H and O–H groups in total. The van der Waals surface area contributed by atoms with E-state index in [-0.39, 0.29) is 6.04 Å². The van der Waals surface area contributed by atoms with E-state index in [4.69, 9.17) is 0 Å². The number of hydrogen-bond acceptors (Lipinski definition) is 4. The van der Waals surface area contributed by atoms with E-state index in [2.05, 4.69) is 10.6 Å². The van der Waals surface area contributed by atoms with Gasteiger partial charge in [-0.15, -0.1) is 0 Å². The van der Waals surface area contributed by atoms with E-state index in [1.807, 2.05) is 87.4 Å². The fraction of sp³-hybridized carbons (Fsp3) is 0.333. The number of nitrogens with one attached hydrogen (secondary N) is 2. The van der Waals surface area contributed by atoms with E-state index < -0.39 is 11.8 Å². The quantitative estimate of drug-likeness (QED) is 0.769. The van der Waals surface area contributed by atoms with Crippen molar-refractivity contribution in [2.75, 3.05) is 45.0 Å². The van der Waals surface area contributed by atoms with Crippen molar-refractivity contribution >= 4 is 23.2 Å². The molecule has 0 bridgehead atoms. The van der Waals surface area contributed by atoms with Gasteiger partial charge in [-0.05, 0) is 56.4 Å². The Morgan fingerprint density at radius 1 is 0.963 bits per heavy atom. The number of carbonyl (C=O) groups is 2. The molecule has 0 saturated carbocycles. The highest BCUT2D eigenvalue weighted by Gasteiger charge is 2.19. The summed E-state index contributed by atoms with van der Waals surface area (Å²) < 4.78 is 0. The average Bonchev–Trinajstić information content (AvgIpc) is 2.61. The van der Waals surface area contributed by atoms with Crippen LogP contribution in [0.15, 0.2) is 48.5 Å². The Bertz CT molecular complexity index is 785. The molecule has 2 amide bonds. The van der Waals surface area contributed by atoms with E-state index in [0.29, 0.717) is 12.2 Å². The number of carbonyl (C=O) groups excluding carboxylic acids is 2. The highest BCUT2D eigenvalue weighted by Crippen LogP contribution is 2.21. The van der Waals surface area contributed by atoms with E-state index in [1.165, 1.54) is 0 Å². The molecule has 0 radical (unpaired) electrons. The molecule has 0 aliphatic rings. The molecular formula is C21H28N4O2. The lowest BCUT2D eigenvalue weighted by Gasteiger charge is -2.25. The number of hydrogen-bond donors (Lipinski definition) is 2. The number of likely N-dealkylation sites (N-methyl/N-ethyl adjacent to an activating group) is 1. The Hall–Kier alpha value is -2.86. The number of benzene rings is 2. The fourth-order valence-corrected chi connectivity index (χ4v) is 2.77. The number of amides is 2. The largest absolute Gasteiger partial charge is 0.378 e. The van der Waals surface area contributed by atoms with Crippen molar-refractivity contribution in [3.8, 4) is 0 Å². The lowest BCUT2D eigenvalue weighted by atomic mass is 10.1. The second kappa shape index (κ2) is 9.19. The minimum Gasteiger partial charge on any atom is -0.378 e. The van der Waals surface area contributed by atoms with Crippen LogP contribution in [0.1, 0.15) is 17.2 Å². The first kappa shape index (κ1) is 20.5. The van der Waals surface area contributed by atoms with Crippen LogP contribution in [0.25, 0.3) is 0 Å². The molecule has 0 unspecified atom stereocenters. The Morgan fingerprint density at radius 2 is 1.63 bits per heavy atom. The van der Waals surface area contributed by atoms with Crippen molar-refractivity contribution < 1.29 is 9.59 Å². The molecule has 6 heteroatoms. The van der Waals surface area contributed by atoms with Gasteiger partial charge in [0, 0.05) is 32.0 Å². The van der Waals surface area contributed by atoms with Gasteiger partial charge in [0.25, 0.3) is 0 Å². The minimum absolute atomic E-state index is 0.0306. The molecule has 0 spiro atoms. The van der Waals surface area contributed by atoms with E-state index in [9.17, 15) is 9.59 Å². The van der Waals surface area contributed by atoms with Crippen LogP contribution in [0.5, 0.6) is 0 Å². The predicted molar refractivity (Wildman–Crippen MR) is 110 cm³/mol. The van der Waals surface area contributed by atoms with Crippen molar-refractivity contribution in [2.45, 2.75) is 13.0 Å². The van der Waals surface area contributed by atoms with Gasteiger partial charge in [0.2, 0.25) is 0 Å². The molecule has 2 rings (SSSR count). The highest BCUT2D eigenvalue weighted by molar-refractivity contribution is 6.39. The molecular weight excluding hydrogens is 340 g/mol. The van der Waals surface area contributed by atoms with Crippen LogP contribution >= 0.6 is 0 Å². The van der Waals surface area contributed by atoms with Crippen LogP contribution in [0, 0.1) is 6.92 Å². The SMILES string of the molecule is Cc1cccc(NC(=O)C(=O)NC[C@@H](c2ccc(N(C)C)cc2)N(C)C)c1. The number of nitrogens with zero attached hydrogens (tertiary/aromatic N) is 2. The third-order valence-corrected chi connectivity index (χ3v) is 4.36.